The van der Waals surface area contributed by atoms with Gasteiger partial charge in [-0.25, -0.2) is 13.1 Å². The lowest BCUT2D eigenvalue weighted by atomic mass is 10.2. The predicted molar refractivity (Wildman–Crippen MR) is 85.1 cm³/mol. The van der Waals surface area contributed by atoms with Gasteiger partial charge in [-0.1, -0.05) is 12.1 Å². The number of para-hydroxylation sites is 1. The lowest BCUT2D eigenvalue weighted by Gasteiger charge is -2.38. The third-order valence-electron chi connectivity index (χ3n) is 3.95. The maximum Gasteiger partial charge on any atom is 0.242 e. The van der Waals surface area contributed by atoms with E-state index in [0.29, 0.717) is 16.6 Å². The van der Waals surface area contributed by atoms with Crippen molar-refractivity contribution in [2.24, 2.45) is 0 Å². The normalized spacial score (nSPS) is 21.4. The van der Waals surface area contributed by atoms with Gasteiger partial charge in [0.2, 0.25) is 10.0 Å². The Balaban J connectivity index is 2.10. The fourth-order valence-electron chi connectivity index (χ4n) is 2.51. The van der Waals surface area contributed by atoms with Crippen LogP contribution < -0.4 is 10.0 Å². The summed E-state index contributed by atoms with van der Waals surface area (Å²) in [5.41, 5.74) is 0.647. The van der Waals surface area contributed by atoms with Gasteiger partial charge in [-0.3, -0.25) is 4.90 Å². The maximum atomic E-state index is 12.0. The Labute approximate surface area is 127 Å². The van der Waals surface area contributed by atoms with Gasteiger partial charge < -0.3 is 10.2 Å². The molecule has 1 unspecified atom stereocenters. The molecule has 1 aliphatic heterocycles. The summed E-state index contributed by atoms with van der Waals surface area (Å²) in [5.74, 6) is 0. The SMILES string of the molecule is CNS(=O)(=O)c1ccccc1NCC1CN(C)CCN1C. The number of piperazine rings is 1. The van der Waals surface area contributed by atoms with Crippen molar-refractivity contribution in [3.8, 4) is 0 Å². The van der Waals surface area contributed by atoms with E-state index in [1.165, 1.54) is 7.05 Å². The number of hydrogen-bond donors (Lipinski definition) is 2. The number of likely N-dealkylation sites (N-methyl/N-ethyl adjacent to an activating group) is 2. The van der Waals surface area contributed by atoms with Crippen LogP contribution in [0.4, 0.5) is 5.69 Å². The van der Waals surface area contributed by atoms with E-state index in [1.54, 1.807) is 18.2 Å². The van der Waals surface area contributed by atoms with Crippen LogP contribution in [0.5, 0.6) is 0 Å². The van der Waals surface area contributed by atoms with Crippen LogP contribution in [0.25, 0.3) is 0 Å². The van der Waals surface area contributed by atoms with E-state index in [4.69, 9.17) is 0 Å². The molecule has 21 heavy (non-hydrogen) atoms. The van der Waals surface area contributed by atoms with Crippen molar-refractivity contribution in [2.75, 3.05) is 52.6 Å². The molecule has 1 fully saturated rings. The van der Waals surface area contributed by atoms with Crippen molar-refractivity contribution in [3.05, 3.63) is 24.3 Å². The number of nitrogens with zero attached hydrogens (tertiary/aromatic N) is 2. The molecule has 1 saturated heterocycles. The van der Waals surface area contributed by atoms with Gasteiger partial charge in [-0.2, -0.15) is 0 Å². The van der Waals surface area contributed by atoms with E-state index in [0.717, 1.165) is 26.2 Å². The maximum absolute atomic E-state index is 12.0. The molecular formula is C14H24N4O2S. The number of nitrogens with one attached hydrogen (secondary N) is 2. The van der Waals surface area contributed by atoms with Crippen LogP contribution in [-0.2, 0) is 10.0 Å². The molecule has 1 aliphatic rings. The molecule has 0 aromatic heterocycles. The monoisotopic (exact) mass is 312 g/mol. The molecular weight excluding hydrogens is 288 g/mol. The number of hydrogen-bond acceptors (Lipinski definition) is 5. The zero-order valence-corrected chi connectivity index (χ0v) is 13.7. The van der Waals surface area contributed by atoms with Crippen LogP contribution in [-0.4, -0.2) is 71.6 Å². The van der Waals surface area contributed by atoms with Crippen LogP contribution in [0.2, 0.25) is 0 Å². The smallest absolute Gasteiger partial charge is 0.242 e. The van der Waals surface area contributed by atoms with Crippen LogP contribution in [0.3, 0.4) is 0 Å². The Morgan fingerprint density at radius 3 is 2.67 bits per heavy atom. The van der Waals surface area contributed by atoms with Gasteiger partial charge in [0.25, 0.3) is 0 Å². The van der Waals surface area contributed by atoms with E-state index in [-0.39, 0.29) is 0 Å². The van der Waals surface area contributed by atoms with E-state index in [2.05, 4.69) is 33.9 Å². The minimum atomic E-state index is -3.44. The van der Waals surface area contributed by atoms with Crippen molar-refractivity contribution in [2.45, 2.75) is 10.9 Å². The summed E-state index contributed by atoms with van der Waals surface area (Å²) in [6, 6.07) is 7.36. The first kappa shape index (κ1) is 16.2. The van der Waals surface area contributed by atoms with E-state index >= 15 is 0 Å². The molecule has 1 atom stereocenters. The molecule has 6 nitrogen and oxygen atoms in total. The molecule has 0 radical (unpaired) electrons. The van der Waals surface area contributed by atoms with Crippen molar-refractivity contribution in [1.29, 1.82) is 0 Å². The molecule has 7 heteroatoms. The summed E-state index contributed by atoms with van der Waals surface area (Å²) in [6.45, 7) is 3.79. The molecule has 2 rings (SSSR count). The Morgan fingerprint density at radius 2 is 1.95 bits per heavy atom. The Kier molecular flexibility index (Phi) is 5.21. The van der Waals surface area contributed by atoms with Crippen molar-refractivity contribution in [3.63, 3.8) is 0 Å². The van der Waals surface area contributed by atoms with E-state index in [9.17, 15) is 8.42 Å². The summed E-state index contributed by atoms with van der Waals surface area (Å²) in [6.07, 6.45) is 0. The average Bonchev–Trinajstić information content (AvgIpc) is 2.48. The molecule has 2 N–H and O–H groups in total. The van der Waals surface area contributed by atoms with Crippen LogP contribution in [0.15, 0.2) is 29.2 Å². The van der Waals surface area contributed by atoms with Crippen molar-refractivity contribution in [1.82, 2.24) is 14.5 Å². The quantitative estimate of drug-likeness (QED) is 0.816. The molecule has 118 valence electrons. The van der Waals surface area contributed by atoms with Crippen LogP contribution in [0, 0.1) is 0 Å². The molecule has 0 spiro atoms. The summed E-state index contributed by atoms with van der Waals surface area (Å²) in [5, 5.41) is 3.29. The lowest BCUT2D eigenvalue weighted by molar-refractivity contribution is 0.122. The van der Waals surface area contributed by atoms with Gasteiger partial charge in [0.1, 0.15) is 4.90 Å². The zero-order valence-electron chi connectivity index (χ0n) is 12.8. The van der Waals surface area contributed by atoms with Gasteiger partial charge in [0, 0.05) is 32.2 Å². The third-order valence-corrected chi connectivity index (χ3v) is 5.43. The number of anilines is 1. The molecule has 0 bridgehead atoms. The van der Waals surface area contributed by atoms with E-state index in [1.807, 2.05) is 6.07 Å². The average molecular weight is 312 g/mol. The van der Waals surface area contributed by atoms with Gasteiger partial charge in [0.15, 0.2) is 0 Å². The Morgan fingerprint density at radius 1 is 1.24 bits per heavy atom. The number of sulfonamides is 1. The molecule has 1 aromatic rings. The van der Waals surface area contributed by atoms with Gasteiger partial charge in [-0.15, -0.1) is 0 Å². The highest BCUT2D eigenvalue weighted by Gasteiger charge is 2.23. The summed E-state index contributed by atoms with van der Waals surface area (Å²) in [4.78, 5) is 4.89. The molecule has 0 saturated carbocycles. The molecule has 1 aromatic carbocycles. The van der Waals surface area contributed by atoms with Gasteiger partial charge >= 0.3 is 0 Å². The largest absolute Gasteiger partial charge is 0.382 e. The van der Waals surface area contributed by atoms with Crippen LogP contribution in [0.1, 0.15) is 0 Å². The molecule has 1 heterocycles. The van der Waals surface area contributed by atoms with Crippen LogP contribution >= 0.6 is 0 Å². The minimum Gasteiger partial charge on any atom is -0.382 e. The van der Waals surface area contributed by atoms with Gasteiger partial charge in [-0.05, 0) is 33.3 Å². The standard InChI is InChI=1S/C14H24N4O2S/c1-15-21(19,20)14-7-5-4-6-13(14)16-10-12-11-17(2)8-9-18(12)3/h4-7,12,15-16H,8-11H2,1-3H3. The van der Waals surface area contributed by atoms with E-state index < -0.39 is 10.0 Å². The second kappa shape index (κ2) is 6.74. The highest BCUT2D eigenvalue weighted by Crippen LogP contribution is 2.20. The zero-order chi connectivity index (χ0) is 15.5. The minimum absolute atomic E-state index is 0.291. The topological polar surface area (TPSA) is 64.7 Å². The molecule has 0 amide bonds. The summed E-state index contributed by atoms with van der Waals surface area (Å²) >= 11 is 0. The molecule has 0 aliphatic carbocycles. The summed E-state index contributed by atoms with van der Waals surface area (Å²) < 4.78 is 26.4. The van der Waals surface area contributed by atoms with Gasteiger partial charge in [0.05, 0.1) is 5.69 Å². The number of rotatable bonds is 5. The fourth-order valence-corrected chi connectivity index (χ4v) is 3.41. The second-order valence-corrected chi connectivity index (χ2v) is 7.34. The third kappa shape index (κ3) is 3.94. The van der Waals surface area contributed by atoms with Crippen molar-refractivity contribution < 1.29 is 8.42 Å². The first-order valence-corrected chi connectivity index (χ1v) is 8.57. The Hall–Kier alpha value is -1.15. The summed E-state index contributed by atoms with van der Waals surface area (Å²) in [7, 11) is 2.20. The second-order valence-electron chi connectivity index (χ2n) is 5.48. The Bertz CT molecular complexity index is 576. The lowest BCUT2D eigenvalue weighted by Crippen LogP contribution is -2.52. The number of benzene rings is 1. The predicted octanol–water partition coefficient (Wildman–Crippen LogP) is 0.252. The highest BCUT2D eigenvalue weighted by molar-refractivity contribution is 7.89. The first-order valence-electron chi connectivity index (χ1n) is 7.09. The fraction of sp³-hybridized carbons (Fsp3) is 0.571. The van der Waals surface area contributed by atoms with Crippen molar-refractivity contribution >= 4 is 15.7 Å². The highest BCUT2D eigenvalue weighted by atomic mass is 32.2. The first-order chi connectivity index (χ1) is 9.94.